The number of halogens is 1. The fraction of sp³-hybridized carbons (Fsp3) is 0.733. The van der Waals surface area contributed by atoms with Gasteiger partial charge < -0.3 is 40.2 Å². The Bertz CT molecular complexity index is 1110. The van der Waals surface area contributed by atoms with Crippen LogP contribution in [-0.4, -0.2) is 102 Å². The van der Waals surface area contributed by atoms with E-state index in [9.17, 15) is 24.6 Å². The van der Waals surface area contributed by atoms with Gasteiger partial charge in [0.15, 0.2) is 0 Å². The number of rotatable bonds is 23. The molecule has 1 aliphatic heterocycles. The number of anilines is 1. The number of aliphatic hydroxyl groups is 2. The summed E-state index contributed by atoms with van der Waals surface area (Å²) in [5.74, 6) is 6.24. The molecule has 2 heterocycles. The maximum absolute atomic E-state index is 12.2. The number of nitrogen functional groups attached to an aromatic ring is 1. The summed E-state index contributed by atoms with van der Waals surface area (Å²) in [7, 11) is 0. The lowest BCUT2D eigenvalue weighted by Crippen LogP contribution is -2.28. The summed E-state index contributed by atoms with van der Waals surface area (Å²) in [6, 6.07) is 0. The monoisotopic (exact) mass is 642 g/mol. The van der Waals surface area contributed by atoms with Gasteiger partial charge in [-0.2, -0.15) is 4.98 Å². The Labute approximate surface area is 263 Å². The smallest absolute Gasteiger partial charge is 0.351 e. The van der Waals surface area contributed by atoms with Gasteiger partial charge in [-0.15, -0.1) is 11.6 Å². The molecule has 0 spiro atoms. The number of nitrogens with two attached hydrogens (primary N) is 1. The number of carbonyl (C=O) groups excluding carboxylic acids is 2. The lowest BCUT2D eigenvalue weighted by atomic mass is 10.1. The minimum absolute atomic E-state index is 0.0371. The van der Waals surface area contributed by atoms with Crippen molar-refractivity contribution in [2.24, 2.45) is 0 Å². The van der Waals surface area contributed by atoms with Gasteiger partial charge in [-0.25, -0.2) is 4.79 Å². The van der Waals surface area contributed by atoms with E-state index in [0.29, 0.717) is 70.1 Å². The lowest BCUT2D eigenvalue weighted by Gasteiger charge is -2.14. The van der Waals surface area contributed by atoms with Crippen LogP contribution >= 0.6 is 11.6 Å². The fourth-order valence-corrected chi connectivity index (χ4v) is 4.55. The van der Waals surface area contributed by atoms with Crippen molar-refractivity contribution in [3.05, 3.63) is 22.2 Å². The van der Waals surface area contributed by atoms with E-state index in [1.54, 1.807) is 0 Å². The zero-order valence-corrected chi connectivity index (χ0v) is 26.1. The van der Waals surface area contributed by atoms with E-state index in [1.807, 2.05) is 0 Å². The molecule has 13 nitrogen and oxygen atoms in total. The Morgan fingerprint density at radius 3 is 2.52 bits per heavy atom. The van der Waals surface area contributed by atoms with Crippen LogP contribution in [-0.2, 0) is 28.5 Å². The molecule has 0 saturated carbocycles. The summed E-state index contributed by atoms with van der Waals surface area (Å²) in [4.78, 5) is 40.0. The van der Waals surface area contributed by atoms with Gasteiger partial charge in [-0.1, -0.05) is 24.7 Å². The molecule has 0 aromatic carbocycles. The molecular weight excluding hydrogens is 596 g/mol. The third kappa shape index (κ3) is 15.4. The molecule has 2 rings (SSSR count). The van der Waals surface area contributed by atoms with Gasteiger partial charge in [0.2, 0.25) is 5.91 Å². The molecule has 44 heavy (non-hydrogen) atoms. The number of nitrogens with zero attached hydrogens (tertiary/aromatic N) is 2. The van der Waals surface area contributed by atoms with Crippen molar-refractivity contribution in [3.63, 3.8) is 0 Å². The van der Waals surface area contributed by atoms with Crippen molar-refractivity contribution in [2.75, 3.05) is 64.4 Å². The van der Waals surface area contributed by atoms with Crippen molar-refractivity contribution < 1.29 is 38.7 Å². The van der Waals surface area contributed by atoms with Crippen molar-refractivity contribution in [1.29, 1.82) is 0 Å². The van der Waals surface area contributed by atoms with E-state index in [-0.39, 0.29) is 43.6 Å². The van der Waals surface area contributed by atoms with Crippen molar-refractivity contribution in [3.8, 4) is 11.8 Å². The number of ether oxygens (including phenoxy) is 4. The average Bonchev–Trinajstić information content (AvgIpc) is 3.38. The van der Waals surface area contributed by atoms with E-state index >= 15 is 0 Å². The van der Waals surface area contributed by atoms with Gasteiger partial charge in [0.05, 0.1) is 38.1 Å². The standard InChI is InChI=1S/C30H47ClN4O9/c31-12-3-1-2-4-14-42-18-19-43-17-13-33-27(39)11-5-9-24(37)10-7-16-41-15-6-8-23-21-35(30(40)34-29(23)32)28-20-25(38)26(22-36)44-28/h21,25-26,28,36,38H,1-5,7,9-20,22H2,(H,33,39)(H2,32,34,40)/t25?,26-,28-/m1/s1. The molecule has 0 radical (unpaired) electrons. The topological polar surface area (TPSA) is 184 Å². The summed E-state index contributed by atoms with van der Waals surface area (Å²) in [5, 5.41) is 22.0. The number of amides is 1. The fourth-order valence-electron chi connectivity index (χ4n) is 4.36. The highest BCUT2D eigenvalue weighted by atomic mass is 35.5. The first kappa shape index (κ1) is 37.6. The van der Waals surface area contributed by atoms with Crippen molar-refractivity contribution in [2.45, 2.75) is 82.6 Å². The van der Waals surface area contributed by atoms with Gasteiger partial charge in [-0.05, 0) is 25.7 Å². The number of aliphatic hydroxyl groups excluding tert-OH is 2. The highest BCUT2D eigenvalue weighted by Gasteiger charge is 2.35. The molecule has 3 atom stereocenters. The van der Waals surface area contributed by atoms with Gasteiger partial charge in [-0.3, -0.25) is 14.2 Å². The minimum atomic E-state index is -0.900. The van der Waals surface area contributed by atoms with E-state index in [2.05, 4.69) is 22.1 Å². The first-order chi connectivity index (χ1) is 21.3. The maximum atomic E-state index is 12.2. The summed E-state index contributed by atoms with van der Waals surface area (Å²) < 4.78 is 23.1. The van der Waals surface area contributed by atoms with E-state index in [4.69, 9.17) is 36.3 Å². The van der Waals surface area contributed by atoms with E-state index in [1.165, 1.54) is 10.8 Å². The SMILES string of the molecule is Nc1nc(=O)n([C@H]2CC(O)[C@@H](CO)O2)cc1C#CCOCCCC(=O)CCCC(=O)NCCOCCOCCCCCCCl. The zero-order chi connectivity index (χ0) is 32.0. The van der Waals surface area contributed by atoms with Crippen molar-refractivity contribution in [1.82, 2.24) is 14.9 Å². The van der Waals surface area contributed by atoms with Crippen molar-refractivity contribution >= 4 is 29.1 Å². The molecule has 0 bridgehead atoms. The number of unbranched alkanes of at least 4 members (excludes halogenated alkanes) is 3. The average molecular weight is 643 g/mol. The second-order valence-electron chi connectivity index (χ2n) is 10.4. The molecule has 1 aromatic rings. The van der Waals surface area contributed by atoms with Crippen LogP contribution in [0.3, 0.4) is 0 Å². The van der Waals surface area contributed by atoms with Gasteiger partial charge in [0, 0.05) is 57.5 Å². The highest BCUT2D eigenvalue weighted by Crippen LogP contribution is 2.27. The number of ketones is 1. The second-order valence-corrected chi connectivity index (χ2v) is 10.8. The second kappa shape index (κ2) is 22.9. The zero-order valence-electron chi connectivity index (χ0n) is 25.3. The maximum Gasteiger partial charge on any atom is 0.351 e. The molecule has 1 fully saturated rings. The highest BCUT2D eigenvalue weighted by molar-refractivity contribution is 6.17. The minimum Gasteiger partial charge on any atom is -0.394 e. The van der Waals surface area contributed by atoms with Gasteiger partial charge in [0.25, 0.3) is 0 Å². The Hall–Kier alpha value is -2.57. The van der Waals surface area contributed by atoms with E-state index in [0.717, 1.165) is 32.3 Å². The quantitative estimate of drug-likeness (QED) is 0.0766. The first-order valence-corrected chi connectivity index (χ1v) is 15.8. The Morgan fingerprint density at radius 2 is 1.77 bits per heavy atom. The molecule has 1 amide bonds. The van der Waals surface area contributed by atoms with Crippen LogP contribution in [0, 0.1) is 11.8 Å². The van der Waals surface area contributed by atoms with Crippen LogP contribution < -0.4 is 16.7 Å². The summed E-state index contributed by atoms with van der Waals surface area (Å²) in [6.45, 7) is 2.63. The Kier molecular flexibility index (Phi) is 19.5. The molecule has 0 aliphatic carbocycles. The molecule has 1 saturated heterocycles. The van der Waals surface area contributed by atoms with Crippen LogP contribution in [0.2, 0.25) is 0 Å². The number of aromatic nitrogens is 2. The van der Waals surface area contributed by atoms with Crippen LogP contribution in [0.1, 0.15) is 76.0 Å². The first-order valence-electron chi connectivity index (χ1n) is 15.2. The lowest BCUT2D eigenvalue weighted by molar-refractivity contribution is -0.122. The largest absolute Gasteiger partial charge is 0.394 e. The normalized spacial score (nSPS) is 17.8. The van der Waals surface area contributed by atoms with Crippen LogP contribution in [0.25, 0.3) is 0 Å². The van der Waals surface area contributed by atoms with Crippen LogP contribution in [0.15, 0.2) is 11.0 Å². The predicted molar refractivity (Wildman–Crippen MR) is 164 cm³/mol. The number of hydrogen-bond donors (Lipinski definition) is 4. The third-order valence-electron chi connectivity index (χ3n) is 6.79. The van der Waals surface area contributed by atoms with Gasteiger partial charge in [0.1, 0.15) is 30.5 Å². The molecule has 14 heteroatoms. The third-order valence-corrected chi connectivity index (χ3v) is 7.06. The molecule has 1 aromatic heterocycles. The molecule has 248 valence electrons. The van der Waals surface area contributed by atoms with Gasteiger partial charge >= 0.3 is 5.69 Å². The molecule has 1 aliphatic rings. The number of Topliss-reactive ketones (excluding diaryl/α,β-unsaturated/α-hetero) is 1. The summed E-state index contributed by atoms with van der Waals surface area (Å²) >= 11 is 5.64. The number of hydrogen-bond acceptors (Lipinski definition) is 11. The van der Waals surface area contributed by atoms with Crippen LogP contribution in [0.4, 0.5) is 5.82 Å². The summed E-state index contributed by atoms with van der Waals surface area (Å²) in [6.07, 6.45) is 5.36. The van der Waals surface area contributed by atoms with Crippen LogP contribution in [0.5, 0.6) is 0 Å². The number of alkyl halides is 1. The molecule has 5 N–H and O–H groups in total. The molecule has 1 unspecified atom stereocenters. The Morgan fingerprint density at radius 1 is 1.05 bits per heavy atom. The molecular formula is C30H47ClN4O9. The predicted octanol–water partition coefficient (Wildman–Crippen LogP) is 1.30. The number of nitrogens with one attached hydrogen (secondary N) is 1. The number of carbonyl (C=O) groups is 2. The Balaban J connectivity index is 1.49. The summed E-state index contributed by atoms with van der Waals surface area (Å²) in [5.41, 5.74) is 5.48. The van der Waals surface area contributed by atoms with E-state index < -0.39 is 24.1 Å².